The fraction of sp³-hybridized carbons (Fsp3) is 0.600. The monoisotopic (exact) mass is 180 g/mol. The maximum Gasteiger partial charge on any atom is 0.331 e. The van der Waals surface area contributed by atoms with E-state index in [9.17, 15) is 9.59 Å². The molecule has 0 amide bonds. The van der Waals surface area contributed by atoms with Gasteiger partial charge in [-0.1, -0.05) is 0 Å². The van der Waals surface area contributed by atoms with Crippen molar-refractivity contribution in [3.8, 4) is 0 Å². The lowest BCUT2D eigenvalue weighted by Gasteiger charge is -2.24. The molecule has 13 heavy (non-hydrogen) atoms. The molecule has 0 aromatic rings. The Balaban J connectivity index is 1.97. The van der Waals surface area contributed by atoms with Crippen molar-refractivity contribution in [2.24, 2.45) is 5.92 Å². The maximum atomic E-state index is 11.1. The van der Waals surface area contributed by atoms with Gasteiger partial charge in [-0.05, 0) is 18.9 Å². The van der Waals surface area contributed by atoms with E-state index in [1.807, 2.05) is 0 Å². The third-order valence-corrected chi connectivity index (χ3v) is 2.66. The molecule has 1 aliphatic heterocycles. The molecule has 3 nitrogen and oxygen atoms in total. The Hall–Kier alpha value is -1.12. The van der Waals surface area contributed by atoms with E-state index >= 15 is 0 Å². The van der Waals surface area contributed by atoms with Gasteiger partial charge in [0.1, 0.15) is 11.9 Å². The first kappa shape index (κ1) is 8.48. The second-order valence-electron chi connectivity index (χ2n) is 3.66. The van der Waals surface area contributed by atoms with Crippen LogP contribution in [0.5, 0.6) is 0 Å². The zero-order chi connectivity index (χ0) is 9.26. The van der Waals surface area contributed by atoms with Crippen molar-refractivity contribution >= 4 is 11.8 Å². The summed E-state index contributed by atoms with van der Waals surface area (Å²) in [5.74, 6) is 0.250. The van der Waals surface area contributed by atoms with Gasteiger partial charge in [0, 0.05) is 24.8 Å². The molecule has 1 aliphatic carbocycles. The summed E-state index contributed by atoms with van der Waals surface area (Å²) in [7, 11) is 0. The zero-order valence-corrected chi connectivity index (χ0v) is 7.36. The fourth-order valence-corrected chi connectivity index (χ4v) is 1.98. The van der Waals surface area contributed by atoms with E-state index in [1.54, 1.807) is 6.08 Å². The number of cyclic esters (lactones) is 1. The standard InChI is InChI=1S/C10H12O3/c11-8-3-1-2-7(6-8)9-4-5-10(12)13-9/h4-5,7,9H,1-3,6H2/t7-,9+/m1/s1. The fourth-order valence-electron chi connectivity index (χ4n) is 1.98. The van der Waals surface area contributed by atoms with Crippen molar-refractivity contribution in [3.63, 3.8) is 0 Å². The van der Waals surface area contributed by atoms with Crippen molar-refractivity contribution in [1.29, 1.82) is 0 Å². The Morgan fingerprint density at radius 2 is 2.23 bits per heavy atom. The molecule has 0 saturated heterocycles. The first-order valence-electron chi connectivity index (χ1n) is 4.66. The third-order valence-electron chi connectivity index (χ3n) is 2.66. The lowest BCUT2D eigenvalue weighted by atomic mass is 9.84. The lowest BCUT2D eigenvalue weighted by molar-refractivity contribution is -0.142. The summed E-state index contributed by atoms with van der Waals surface area (Å²) in [6.07, 6.45) is 6.27. The molecule has 0 N–H and O–H groups in total. The third kappa shape index (κ3) is 1.79. The molecule has 0 aromatic carbocycles. The quantitative estimate of drug-likeness (QED) is 0.570. The molecule has 0 unspecified atom stereocenters. The summed E-state index contributed by atoms with van der Waals surface area (Å²) in [5, 5.41) is 0. The minimum absolute atomic E-state index is 0.142. The second-order valence-corrected chi connectivity index (χ2v) is 3.66. The number of ether oxygens (including phenoxy) is 1. The van der Waals surface area contributed by atoms with Gasteiger partial charge in [-0.3, -0.25) is 4.79 Å². The molecule has 1 saturated carbocycles. The van der Waals surface area contributed by atoms with Crippen LogP contribution in [0.4, 0.5) is 0 Å². The van der Waals surface area contributed by atoms with Crippen molar-refractivity contribution in [3.05, 3.63) is 12.2 Å². The maximum absolute atomic E-state index is 11.1. The number of hydrogen-bond acceptors (Lipinski definition) is 3. The number of rotatable bonds is 1. The van der Waals surface area contributed by atoms with Gasteiger partial charge in [0.2, 0.25) is 0 Å². The zero-order valence-electron chi connectivity index (χ0n) is 7.36. The van der Waals surface area contributed by atoms with Crippen molar-refractivity contribution < 1.29 is 14.3 Å². The highest BCUT2D eigenvalue weighted by atomic mass is 16.5. The molecule has 1 fully saturated rings. The number of hydrogen-bond donors (Lipinski definition) is 0. The molecule has 0 bridgehead atoms. The number of carbonyl (C=O) groups excluding carboxylic acids is 2. The van der Waals surface area contributed by atoms with Gasteiger partial charge < -0.3 is 4.74 Å². The first-order chi connectivity index (χ1) is 6.25. The van der Waals surface area contributed by atoms with Gasteiger partial charge in [-0.25, -0.2) is 4.79 Å². The number of carbonyl (C=O) groups is 2. The molecule has 2 atom stereocenters. The van der Waals surface area contributed by atoms with E-state index in [0.717, 1.165) is 12.8 Å². The van der Waals surface area contributed by atoms with E-state index in [4.69, 9.17) is 4.74 Å². The molecular weight excluding hydrogens is 168 g/mol. The van der Waals surface area contributed by atoms with Crippen molar-refractivity contribution in [2.75, 3.05) is 0 Å². The van der Waals surface area contributed by atoms with Crippen LogP contribution in [0.3, 0.4) is 0 Å². The topological polar surface area (TPSA) is 43.4 Å². The Kier molecular flexibility index (Phi) is 2.17. The average molecular weight is 180 g/mol. The van der Waals surface area contributed by atoms with Gasteiger partial charge >= 0.3 is 5.97 Å². The molecule has 0 spiro atoms. The molecule has 3 heteroatoms. The predicted molar refractivity (Wildman–Crippen MR) is 46.0 cm³/mol. The van der Waals surface area contributed by atoms with E-state index in [2.05, 4.69) is 0 Å². The second kappa shape index (κ2) is 3.32. The van der Waals surface area contributed by atoms with Crippen LogP contribution in [0.15, 0.2) is 12.2 Å². The van der Waals surface area contributed by atoms with Crippen LogP contribution in [0.25, 0.3) is 0 Å². The normalized spacial score (nSPS) is 33.5. The summed E-state index contributed by atoms with van der Waals surface area (Å²) in [6.45, 7) is 0. The predicted octanol–water partition coefficient (Wildman–Crippen LogP) is 1.23. The van der Waals surface area contributed by atoms with Crippen LogP contribution in [-0.4, -0.2) is 17.9 Å². The van der Waals surface area contributed by atoms with Gasteiger partial charge in [0.15, 0.2) is 0 Å². The molecule has 70 valence electrons. The summed E-state index contributed by atoms with van der Waals surface area (Å²) >= 11 is 0. The van der Waals surface area contributed by atoms with Crippen LogP contribution < -0.4 is 0 Å². The van der Waals surface area contributed by atoms with Crippen LogP contribution in [-0.2, 0) is 14.3 Å². The van der Waals surface area contributed by atoms with Gasteiger partial charge in [0.25, 0.3) is 0 Å². The minimum atomic E-state index is -0.275. The lowest BCUT2D eigenvalue weighted by Crippen LogP contribution is -2.26. The average Bonchev–Trinajstić information content (AvgIpc) is 2.52. The number of esters is 1. The minimum Gasteiger partial charge on any atom is -0.455 e. The first-order valence-corrected chi connectivity index (χ1v) is 4.66. The van der Waals surface area contributed by atoms with Gasteiger partial charge in [-0.2, -0.15) is 0 Å². The number of ketones is 1. The van der Waals surface area contributed by atoms with Crippen molar-refractivity contribution in [2.45, 2.75) is 31.8 Å². The Morgan fingerprint density at radius 1 is 1.38 bits per heavy atom. The summed E-state index contributed by atoms with van der Waals surface area (Å²) in [5.41, 5.74) is 0. The van der Waals surface area contributed by atoms with Crippen LogP contribution in [0.2, 0.25) is 0 Å². The van der Waals surface area contributed by atoms with E-state index in [-0.39, 0.29) is 18.0 Å². The molecule has 0 aromatic heterocycles. The summed E-state index contributed by atoms with van der Waals surface area (Å²) < 4.78 is 5.05. The molecular formula is C10H12O3. The van der Waals surface area contributed by atoms with Crippen LogP contribution in [0.1, 0.15) is 25.7 Å². The van der Waals surface area contributed by atoms with E-state index in [0.29, 0.717) is 18.6 Å². The van der Waals surface area contributed by atoms with Gasteiger partial charge in [0.05, 0.1) is 0 Å². The Morgan fingerprint density at radius 3 is 2.85 bits per heavy atom. The van der Waals surface area contributed by atoms with Crippen LogP contribution >= 0.6 is 0 Å². The Labute approximate surface area is 76.8 Å². The highest BCUT2D eigenvalue weighted by Gasteiger charge is 2.30. The van der Waals surface area contributed by atoms with Crippen molar-refractivity contribution in [1.82, 2.24) is 0 Å². The molecule has 1 heterocycles. The molecule has 0 radical (unpaired) electrons. The summed E-state index contributed by atoms with van der Waals surface area (Å²) in [4.78, 5) is 21.9. The van der Waals surface area contributed by atoms with E-state index in [1.165, 1.54) is 6.08 Å². The number of Topliss-reactive ketones (excluding diaryl/α,β-unsaturated/α-hetero) is 1. The summed E-state index contributed by atoms with van der Waals surface area (Å²) in [6, 6.07) is 0. The smallest absolute Gasteiger partial charge is 0.331 e. The largest absolute Gasteiger partial charge is 0.455 e. The SMILES string of the molecule is O=C1CCC[C@@H]([C@@H]2C=CC(=O)O2)C1. The highest BCUT2D eigenvalue weighted by Crippen LogP contribution is 2.28. The molecule has 2 aliphatic rings. The van der Waals surface area contributed by atoms with Gasteiger partial charge in [-0.15, -0.1) is 0 Å². The molecule has 2 rings (SSSR count). The Bertz CT molecular complexity index is 267. The van der Waals surface area contributed by atoms with Crippen LogP contribution in [0, 0.1) is 5.92 Å². The highest BCUT2D eigenvalue weighted by molar-refractivity contribution is 5.85. The van der Waals surface area contributed by atoms with E-state index < -0.39 is 0 Å².